The summed E-state index contributed by atoms with van der Waals surface area (Å²) in [6.07, 6.45) is -9.63. The SMILES string of the molecule is CC.NCc1cc(C(F)(F)F)cc(C(F)(F)F)c1. The van der Waals surface area contributed by atoms with Gasteiger partial charge in [0.05, 0.1) is 11.1 Å². The molecule has 0 fully saturated rings. The lowest BCUT2D eigenvalue weighted by atomic mass is 10.0. The summed E-state index contributed by atoms with van der Waals surface area (Å²) in [6.45, 7) is 3.62. The molecule has 0 aliphatic heterocycles. The van der Waals surface area contributed by atoms with E-state index in [1.54, 1.807) is 0 Å². The zero-order valence-corrected chi connectivity index (χ0v) is 9.78. The standard InChI is InChI=1S/C9H7F6N.C2H6/c10-8(11,12)6-1-5(4-16)2-7(3-6)9(13,14)15;1-2/h1-3H,4,16H2;1-2H3. The minimum absolute atomic E-state index is 0.0686. The van der Waals surface area contributed by atoms with E-state index in [2.05, 4.69) is 0 Å². The van der Waals surface area contributed by atoms with Gasteiger partial charge in [0.15, 0.2) is 0 Å². The highest BCUT2D eigenvalue weighted by Gasteiger charge is 2.36. The van der Waals surface area contributed by atoms with E-state index in [0.29, 0.717) is 12.1 Å². The molecule has 2 N–H and O–H groups in total. The van der Waals surface area contributed by atoms with Crippen LogP contribution in [0.5, 0.6) is 0 Å². The molecule has 18 heavy (non-hydrogen) atoms. The first-order valence-electron chi connectivity index (χ1n) is 5.13. The van der Waals surface area contributed by atoms with Crippen molar-refractivity contribution in [2.75, 3.05) is 0 Å². The van der Waals surface area contributed by atoms with E-state index < -0.39 is 23.5 Å². The van der Waals surface area contributed by atoms with Crippen molar-refractivity contribution >= 4 is 0 Å². The maximum absolute atomic E-state index is 12.3. The molecule has 0 atom stereocenters. The first-order chi connectivity index (χ1) is 8.14. The predicted molar refractivity (Wildman–Crippen MR) is 55.7 cm³/mol. The van der Waals surface area contributed by atoms with Crippen LogP contribution in [0, 0.1) is 0 Å². The van der Waals surface area contributed by atoms with E-state index in [4.69, 9.17) is 5.73 Å². The van der Waals surface area contributed by atoms with Gasteiger partial charge in [-0.05, 0) is 23.8 Å². The summed E-state index contributed by atoms with van der Waals surface area (Å²) in [5.74, 6) is 0. The van der Waals surface area contributed by atoms with Crippen LogP contribution in [0.1, 0.15) is 30.5 Å². The number of halogens is 6. The van der Waals surface area contributed by atoms with E-state index in [1.807, 2.05) is 13.8 Å². The van der Waals surface area contributed by atoms with E-state index in [1.165, 1.54) is 0 Å². The summed E-state index contributed by atoms with van der Waals surface area (Å²) >= 11 is 0. The molecule has 0 amide bonds. The van der Waals surface area contributed by atoms with Crippen molar-refractivity contribution in [2.45, 2.75) is 32.7 Å². The van der Waals surface area contributed by atoms with Crippen LogP contribution in [-0.4, -0.2) is 0 Å². The molecule has 0 saturated carbocycles. The second kappa shape index (κ2) is 6.08. The van der Waals surface area contributed by atoms with Gasteiger partial charge in [-0.15, -0.1) is 0 Å². The molecular formula is C11H13F6N. The minimum atomic E-state index is -4.81. The van der Waals surface area contributed by atoms with Gasteiger partial charge in [0.2, 0.25) is 0 Å². The molecule has 0 aliphatic carbocycles. The van der Waals surface area contributed by atoms with Crippen LogP contribution in [0.25, 0.3) is 0 Å². The van der Waals surface area contributed by atoms with E-state index in [0.717, 1.165) is 0 Å². The van der Waals surface area contributed by atoms with Gasteiger partial charge in [-0.25, -0.2) is 0 Å². The highest BCUT2D eigenvalue weighted by atomic mass is 19.4. The lowest BCUT2D eigenvalue weighted by molar-refractivity contribution is -0.143. The number of alkyl halides is 6. The molecule has 0 radical (unpaired) electrons. The number of benzene rings is 1. The highest BCUT2D eigenvalue weighted by Crippen LogP contribution is 2.36. The van der Waals surface area contributed by atoms with Crippen molar-refractivity contribution in [1.82, 2.24) is 0 Å². The molecule has 0 spiro atoms. The van der Waals surface area contributed by atoms with Crippen LogP contribution in [0.4, 0.5) is 26.3 Å². The molecule has 0 bridgehead atoms. The lowest BCUT2D eigenvalue weighted by Gasteiger charge is -2.13. The van der Waals surface area contributed by atoms with Crippen molar-refractivity contribution in [3.8, 4) is 0 Å². The summed E-state index contributed by atoms with van der Waals surface area (Å²) in [5, 5.41) is 0. The molecule has 0 saturated heterocycles. The molecule has 0 unspecified atom stereocenters. The van der Waals surface area contributed by atoms with Crippen LogP contribution in [-0.2, 0) is 18.9 Å². The number of rotatable bonds is 1. The number of hydrogen-bond acceptors (Lipinski definition) is 1. The molecule has 0 aromatic heterocycles. The Labute approximate surface area is 101 Å². The van der Waals surface area contributed by atoms with E-state index in [9.17, 15) is 26.3 Å². The van der Waals surface area contributed by atoms with Gasteiger partial charge in [0.25, 0.3) is 0 Å². The highest BCUT2D eigenvalue weighted by molar-refractivity contribution is 5.33. The Balaban J connectivity index is 0.00000137. The monoisotopic (exact) mass is 273 g/mol. The normalized spacial score (nSPS) is 11.8. The van der Waals surface area contributed by atoms with Gasteiger partial charge in [0.1, 0.15) is 0 Å². The van der Waals surface area contributed by atoms with Crippen molar-refractivity contribution in [3.05, 3.63) is 34.9 Å². The Bertz CT molecular complexity index is 348. The summed E-state index contributed by atoms with van der Waals surface area (Å²) < 4.78 is 73.6. The second-order valence-corrected chi connectivity index (χ2v) is 3.12. The third kappa shape index (κ3) is 4.56. The Hall–Kier alpha value is -1.24. The van der Waals surface area contributed by atoms with Crippen LogP contribution >= 0.6 is 0 Å². The van der Waals surface area contributed by atoms with Crippen LogP contribution < -0.4 is 5.73 Å². The zero-order chi connectivity index (χ0) is 14.6. The minimum Gasteiger partial charge on any atom is -0.326 e. The van der Waals surface area contributed by atoms with Crippen LogP contribution in [0.15, 0.2) is 18.2 Å². The van der Waals surface area contributed by atoms with Gasteiger partial charge >= 0.3 is 12.4 Å². The summed E-state index contributed by atoms with van der Waals surface area (Å²) in [4.78, 5) is 0. The Morgan fingerprint density at radius 1 is 0.833 bits per heavy atom. The smallest absolute Gasteiger partial charge is 0.326 e. The third-order valence-corrected chi connectivity index (χ3v) is 1.88. The van der Waals surface area contributed by atoms with Crippen LogP contribution in [0.2, 0.25) is 0 Å². The average Bonchev–Trinajstić information content (AvgIpc) is 2.29. The van der Waals surface area contributed by atoms with Gasteiger partial charge in [-0.1, -0.05) is 13.8 Å². The number of nitrogens with two attached hydrogens (primary N) is 1. The van der Waals surface area contributed by atoms with Crippen LogP contribution in [0.3, 0.4) is 0 Å². The fraction of sp³-hybridized carbons (Fsp3) is 0.455. The number of hydrogen-bond donors (Lipinski definition) is 1. The van der Waals surface area contributed by atoms with Crippen molar-refractivity contribution in [1.29, 1.82) is 0 Å². The third-order valence-electron chi connectivity index (χ3n) is 1.88. The van der Waals surface area contributed by atoms with Gasteiger partial charge in [-0.3, -0.25) is 0 Å². The molecule has 1 nitrogen and oxygen atoms in total. The predicted octanol–water partition coefficient (Wildman–Crippen LogP) is 4.21. The molecule has 1 aromatic carbocycles. The fourth-order valence-electron chi connectivity index (χ4n) is 1.14. The average molecular weight is 273 g/mol. The fourth-order valence-corrected chi connectivity index (χ4v) is 1.14. The molecule has 7 heteroatoms. The van der Waals surface area contributed by atoms with E-state index >= 15 is 0 Å². The summed E-state index contributed by atoms with van der Waals surface area (Å²) in [7, 11) is 0. The van der Waals surface area contributed by atoms with Gasteiger partial charge < -0.3 is 5.73 Å². The maximum atomic E-state index is 12.3. The Kier molecular flexibility index (Phi) is 5.66. The Morgan fingerprint density at radius 2 is 1.17 bits per heavy atom. The largest absolute Gasteiger partial charge is 0.416 e. The van der Waals surface area contributed by atoms with Crippen molar-refractivity contribution in [3.63, 3.8) is 0 Å². The summed E-state index contributed by atoms with van der Waals surface area (Å²) in [5.41, 5.74) is 2.14. The molecule has 0 heterocycles. The lowest BCUT2D eigenvalue weighted by Crippen LogP contribution is -2.12. The topological polar surface area (TPSA) is 26.0 Å². The molecule has 104 valence electrons. The zero-order valence-electron chi connectivity index (χ0n) is 9.78. The first kappa shape index (κ1) is 16.8. The molecular weight excluding hydrogens is 260 g/mol. The summed E-state index contributed by atoms with van der Waals surface area (Å²) in [6, 6.07) is 1.28. The Morgan fingerprint density at radius 3 is 1.39 bits per heavy atom. The first-order valence-corrected chi connectivity index (χ1v) is 5.13. The molecule has 0 aliphatic rings. The van der Waals surface area contributed by atoms with Gasteiger partial charge in [0, 0.05) is 6.54 Å². The quantitative estimate of drug-likeness (QED) is 0.762. The van der Waals surface area contributed by atoms with Crippen molar-refractivity contribution in [2.24, 2.45) is 5.73 Å². The molecule has 1 rings (SSSR count). The molecule has 1 aromatic rings. The van der Waals surface area contributed by atoms with E-state index in [-0.39, 0.29) is 18.2 Å². The second-order valence-electron chi connectivity index (χ2n) is 3.12. The van der Waals surface area contributed by atoms with Gasteiger partial charge in [-0.2, -0.15) is 26.3 Å². The maximum Gasteiger partial charge on any atom is 0.416 e. The van der Waals surface area contributed by atoms with Crippen molar-refractivity contribution < 1.29 is 26.3 Å².